The second kappa shape index (κ2) is 10.0. The summed E-state index contributed by atoms with van der Waals surface area (Å²) in [6, 6.07) is 18.2. The number of fused-ring (bicyclic) bond motifs is 2. The van der Waals surface area contributed by atoms with E-state index >= 15 is 0 Å². The van der Waals surface area contributed by atoms with Gasteiger partial charge in [-0.25, -0.2) is 9.78 Å². The molecule has 3 unspecified atom stereocenters. The summed E-state index contributed by atoms with van der Waals surface area (Å²) >= 11 is 0. The number of nitrogens with zero attached hydrogens (tertiary/aromatic N) is 4. The van der Waals surface area contributed by atoms with Crippen LogP contribution in [0, 0.1) is 5.41 Å². The predicted molar refractivity (Wildman–Crippen MR) is 146 cm³/mol. The zero-order valence-electron chi connectivity index (χ0n) is 21.9. The summed E-state index contributed by atoms with van der Waals surface area (Å²) in [7, 11) is 0. The first-order valence-corrected chi connectivity index (χ1v) is 13.0. The Labute approximate surface area is 217 Å². The lowest BCUT2D eigenvalue weighted by molar-refractivity contribution is 0.0451. The van der Waals surface area contributed by atoms with Crippen LogP contribution in [0.2, 0.25) is 0 Å². The van der Waals surface area contributed by atoms with E-state index in [4.69, 9.17) is 9.72 Å². The molecule has 1 saturated heterocycles. The fourth-order valence-corrected chi connectivity index (χ4v) is 5.50. The molecule has 1 aliphatic rings. The molecule has 0 aliphatic carbocycles. The highest BCUT2D eigenvalue weighted by molar-refractivity contribution is 5.83. The SMILES string of the molecule is CCOC(c1cccc2cccnc12)n1c(NC2CCN(C(=O)O)C(C(C)(C)C)C2)nc2ccccc21. The summed E-state index contributed by atoms with van der Waals surface area (Å²) in [5.41, 5.74) is 3.53. The average Bonchev–Trinajstić information content (AvgIpc) is 3.24. The fourth-order valence-electron chi connectivity index (χ4n) is 5.50. The number of amides is 1. The average molecular weight is 502 g/mol. The maximum absolute atomic E-state index is 11.9. The minimum atomic E-state index is -0.856. The van der Waals surface area contributed by atoms with Crippen molar-refractivity contribution in [2.24, 2.45) is 5.41 Å². The standard InChI is InChI=1S/C29H35N5O3/c1-5-37-26(21-12-8-10-19-11-9-16-30-25(19)21)34-23-14-7-6-13-22(23)32-27(34)31-20-15-17-33(28(35)36)24(18-20)29(2,3)4/h6-14,16,20,24,26H,5,15,17-18H2,1-4H3,(H,31,32)(H,35,36). The van der Waals surface area contributed by atoms with Gasteiger partial charge in [0, 0.05) is 42.4 Å². The van der Waals surface area contributed by atoms with E-state index in [1.54, 1.807) is 4.90 Å². The number of imidazole rings is 1. The Hall–Kier alpha value is -3.65. The maximum atomic E-state index is 11.9. The number of anilines is 1. The number of aromatic nitrogens is 3. The maximum Gasteiger partial charge on any atom is 0.407 e. The van der Waals surface area contributed by atoms with Gasteiger partial charge in [-0.05, 0) is 43.4 Å². The number of pyridine rings is 1. The molecule has 2 N–H and O–H groups in total. The second-order valence-corrected chi connectivity index (χ2v) is 10.7. The monoisotopic (exact) mass is 501 g/mol. The number of benzene rings is 2. The molecule has 5 rings (SSSR count). The van der Waals surface area contributed by atoms with E-state index in [0.29, 0.717) is 31.9 Å². The molecule has 194 valence electrons. The van der Waals surface area contributed by atoms with Crippen LogP contribution in [-0.4, -0.2) is 55.9 Å². The molecule has 0 saturated carbocycles. The molecule has 3 atom stereocenters. The first kappa shape index (κ1) is 25.0. The van der Waals surface area contributed by atoms with E-state index in [1.165, 1.54) is 0 Å². The molecule has 2 aromatic heterocycles. The van der Waals surface area contributed by atoms with Crippen LogP contribution in [-0.2, 0) is 4.74 Å². The third kappa shape index (κ3) is 4.85. The van der Waals surface area contributed by atoms with Gasteiger partial charge in [0.15, 0.2) is 6.23 Å². The van der Waals surface area contributed by atoms with Crippen molar-refractivity contribution in [2.45, 2.75) is 58.8 Å². The zero-order chi connectivity index (χ0) is 26.2. The van der Waals surface area contributed by atoms with Crippen molar-refractivity contribution in [3.05, 3.63) is 66.4 Å². The highest BCUT2D eigenvalue weighted by Gasteiger charge is 2.39. The van der Waals surface area contributed by atoms with Crippen molar-refractivity contribution in [1.29, 1.82) is 0 Å². The summed E-state index contributed by atoms with van der Waals surface area (Å²) in [6.07, 6.45) is 1.93. The molecule has 8 heteroatoms. The number of piperidine rings is 1. The highest BCUT2D eigenvalue weighted by atomic mass is 16.5. The van der Waals surface area contributed by atoms with Crippen molar-refractivity contribution in [3.8, 4) is 0 Å². The minimum Gasteiger partial charge on any atom is -0.465 e. The van der Waals surface area contributed by atoms with Crippen molar-refractivity contribution < 1.29 is 14.6 Å². The Morgan fingerprint density at radius 2 is 1.95 bits per heavy atom. The second-order valence-electron chi connectivity index (χ2n) is 10.7. The molecule has 1 fully saturated rings. The molecule has 37 heavy (non-hydrogen) atoms. The molecule has 0 spiro atoms. The van der Waals surface area contributed by atoms with Crippen LogP contribution in [0.15, 0.2) is 60.8 Å². The van der Waals surface area contributed by atoms with Gasteiger partial charge in [0.1, 0.15) is 0 Å². The van der Waals surface area contributed by atoms with Gasteiger partial charge in [0.2, 0.25) is 5.95 Å². The van der Waals surface area contributed by atoms with Crippen LogP contribution in [0.4, 0.5) is 10.7 Å². The number of carboxylic acid groups (broad SMARTS) is 1. The van der Waals surface area contributed by atoms with Crippen LogP contribution in [0.1, 0.15) is 52.3 Å². The van der Waals surface area contributed by atoms with Gasteiger partial charge in [-0.2, -0.15) is 0 Å². The molecule has 0 radical (unpaired) electrons. The van der Waals surface area contributed by atoms with Gasteiger partial charge in [-0.1, -0.05) is 57.2 Å². The number of carbonyl (C=O) groups is 1. The largest absolute Gasteiger partial charge is 0.465 e. The van der Waals surface area contributed by atoms with E-state index in [9.17, 15) is 9.90 Å². The number of hydrogen-bond donors (Lipinski definition) is 2. The number of rotatable bonds is 6. The molecule has 4 aromatic rings. The van der Waals surface area contributed by atoms with E-state index in [-0.39, 0.29) is 17.5 Å². The molecule has 3 heterocycles. The van der Waals surface area contributed by atoms with Crippen molar-refractivity contribution in [1.82, 2.24) is 19.4 Å². The van der Waals surface area contributed by atoms with Gasteiger partial charge in [0.25, 0.3) is 0 Å². The normalized spacial score (nSPS) is 19.3. The molecule has 1 aliphatic heterocycles. The molecular weight excluding hydrogens is 466 g/mol. The molecule has 1 amide bonds. The third-order valence-corrected chi connectivity index (χ3v) is 7.27. The molecule has 2 aromatic carbocycles. The number of likely N-dealkylation sites (tertiary alicyclic amines) is 1. The smallest absolute Gasteiger partial charge is 0.407 e. The van der Waals surface area contributed by atoms with Crippen molar-refractivity contribution >= 4 is 34.0 Å². The van der Waals surface area contributed by atoms with Crippen LogP contribution in [0.5, 0.6) is 0 Å². The fraction of sp³-hybridized carbons (Fsp3) is 0.414. The lowest BCUT2D eigenvalue weighted by atomic mass is 9.79. The number of ether oxygens (including phenoxy) is 1. The minimum absolute atomic E-state index is 0.0725. The van der Waals surface area contributed by atoms with Crippen LogP contribution < -0.4 is 5.32 Å². The Morgan fingerprint density at radius 1 is 1.16 bits per heavy atom. The first-order valence-electron chi connectivity index (χ1n) is 13.0. The summed E-state index contributed by atoms with van der Waals surface area (Å²) in [6.45, 7) is 9.30. The van der Waals surface area contributed by atoms with Crippen molar-refractivity contribution in [3.63, 3.8) is 0 Å². The van der Waals surface area contributed by atoms with Gasteiger partial charge in [0.05, 0.1) is 16.6 Å². The summed E-state index contributed by atoms with van der Waals surface area (Å²) in [4.78, 5) is 23.2. The van der Waals surface area contributed by atoms with Crippen LogP contribution in [0.3, 0.4) is 0 Å². The molecule has 0 bridgehead atoms. The number of para-hydroxylation sites is 3. The lowest BCUT2D eigenvalue weighted by Gasteiger charge is -2.44. The Bertz CT molecular complexity index is 1400. The topological polar surface area (TPSA) is 92.5 Å². The number of nitrogens with one attached hydrogen (secondary N) is 1. The van der Waals surface area contributed by atoms with Crippen LogP contribution in [0.25, 0.3) is 21.9 Å². The molecular formula is C29H35N5O3. The first-order chi connectivity index (χ1) is 17.8. The van der Waals surface area contributed by atoms with Gasteiger partial charge < -0.3 is 20.1 Å². The summed E-state index contributed by atoms with van der Waals surface area (Å²) in [5, 5.41) is 14.5. The number of hydrogen-bond acceptors (Lipinski definition) is 5. The Morgan fingerprint density at radius 3 is 2.70 bits per heavy atom. The lowest BCUT2D eigenvalue weighted by Crippen LogP contribution is -2.54. The zero-order valence-corrected chi connectivity index (χ0v) is 21.9. The van der Waals surface area contributed by atoms with E-state index in [2.05, 4.69) is 59.9 Å². The van der Waals surface area contributed by atoms with Crippen molar-refractivity contribution in [2.75, 3.05) is 18.5 Å². The molecule has 8 nitrogen and oxygen atoms in total. The van der Waals surface area contributed by atoms with E-state index in [1.807, 2.05) is 43.5 Å². The Balaban J connectivity index is 1.58. The quantitative estimate of drug-likeness (QED) is 0.330. The summed E-state index contributed by atoms with van der Waals surface area (Å²) in [5.74, 6) is 0.717. The van der Waals surface area contributed by atoms with Crippen LogP contribution >= 0.6 is 0 Å². The van der Waals surface area contributed by atoms with Gasteiger partial charge in [-0.3, -0.25) is 9.55 Å². The van der Waals surface area contributed by atoms with E-state index < -0.39 is 12.3 Å². The predicted octanol–water partition coefficient (Wildman–Crippen LogP) is 6.14. The Kier molecular flexibility index (Phi) is 6.77. The van der Waals surface area contributed by atoms with Gasteiger partial charge in [-0.15, -0.1) is 0 Å². The summed E-state index contributed by atoms with van der Waals surface area (Å²) < 4.78 is 8.52. The van der Waals surface area contributed by atoms with E-state index in [0.717, 1.165) is 27.5 Å². The highest BCUT2D eigenvalue weighted by Crippen LogP contribution is 2.36. The third-order valence-electron chi connectivity index (χ3n) is 7.27. The van der Waals surface area contributed by atoms with Gasteiger partial charge >= 0.3 is 6.09 Å².